The Kier molecular flexibility index (Phi) is 5.88. The zero-order valence-corrected chi connectivity index (χ0v) is 16.2. The highest BCUT2D eigenvalue weighted by Crippen LogP contribution is 2.22. The van der Waals surface area contributed by atoms with Gasteiger partial charge in [0.25, 0.3) is 5.91 Å². The van der Waals surface area contributed by atoms with E-state index in [9.17, 15) is 9.59 Å². The minimum absolute atomic E-state index is 0.00265. The lowest BCUT2D eigenvalue weighted by Crippen LogP contribution is -2.49. The number of amides is 1. The van der Waals surface area contributed by atoms with Gasteiger partial charge in [0, 0.05) is 25.2 Å². The molecule has 5 nitrogen and oxygen atoms in total. The molecule has 0 aromatic heterocycles. The van der Waals surface area contributed by atoms with E-state index in [-0.39, 0.29) is 17.9 Å². The Morgan fingerprint density at radius 3 is 2.24 bits per heavy atom. The summed E-state index contributed by atoms with van der Waals surface area (Å²) in [5.74, 6) is 0.0645. The van der Waals surface area contributed by atoms with Crippen LogP contribution in [-0.4, -0.2) is 60.5 Å². The number of nitrogens with zero attached hydrogens (tertiary/aromatic N) is 2. The fraction of sp³-hybridized carbons (Fsp3) is 0.600. The van der Waals surface area contributed by atoms with Crippen LogP contribution in [0.15, 0.2) is 24.3 Å². The van der Waals surface area contributed by atoms with Gasteiger partial charge in [-0.15, -0.1) is 0 Å². The predicted molar refractivity (Wildman–Crippen MR) is 98.8 cm³/mol. The number of hydrogen-bond donors (Lipinski definition) is 0. The van der Waals surface area contributed by atoms with E-state index in [0.29, 0.717) is 17.0 Å². The third-order valence-corrected chi connectivity index (χ3v) is 4.65. The van der Waals surface area contributed by atoms with Gasteiger partial charge in [0.2, 0.25) is 0 Å². The molecule has 0 spiro atoms. The predicted octanol–water partition coefficient (Wildman–Crippen LogP) is 3.05. The van der Waals surface area contributed by atoms with Crippen molar-refractivity contribution < 1.29 is 14.3 Å². The van der Waals surface area contributed by atoms with Crippen molar-refractivity contribution in [3.8, 4) is 0 Å². The molecule has 138 valence electrons. The zero-order valence-electron chi connectivity index (χ0n) is 16.2. The molecule has 1 aliphatic rings. The van der Waals surface area contributed by atoms with Crippen LogP contribution < -0.4 is 0 Å². The van der Waals surface area contributed by atoms with E-state index in [1.807, 2.05) is 32.7 Å². The first kappa shape index (κ1) is 19.4. The summed E-state index contributed by atoms with van der Waals surface area (Å²) < 4.78 is 5.35. The third kappa shape index (κ3) is 5.05. The minimum Gasteiger partial charge on any atom is -0.456 e. The van der Waals surface area contributed by atoms with Crippen molar-refractivity contribution in [1.82, 2.24) is 9.80 Å². The summed E-state index contributed by atoms with van der Waals surface area (Å²) >= 11 is 0. The Balaban J connectivity index is 2.06. The lowest BCUT2D eigenvalue weighted by Gasteiger charge is -2.40. The molecule has 1 saturated heterocycles. The quantitative estimate of drug-likeness (QED) is 0.790. The number of hydrogen-bond acceptors (Lipinski definition) is 4. The smallest absolute Gasteiger partial charge is 0.338 e. The van der Waals surface area contributed by atoms with Crippen molar-refractivity contribution in [2.24, 2.45) is 5.92 Å². The minimum atomic E-state index is -0.532. The lowest BCUT2D eigenvalue weighted by atomic mass is 9.92. The van der Waals surface area contributed by atoms with E-state index in [0.717, 1.165) is 19.5 Å². The zero-order chi connectivity index (χ0) is 18.8. The number of esters is 1. The van der Waals surface area contributed by atoms with Crippen LogP contribution in [0.5, 0.6) is 0 Å². The molecule has 0 N–H and O–H groups in total. The number of benzene rings is 1. The summed E-state index contributed by atoms with van der Waals surface area (Å²) in [4.78, 5) is 29.0. The maximum atomic E-state index is 12.8. The topological polar surface area (TPSA) is 49.9 Å². The highest BCUT2D eigenvalue weighted by atomic mass is 16.6. The molecule has 1 aromatic carbocycles. The van der Waals surface area contributed by atoms with Crippen molar-refractivity contribution in [1.29, 1.82) is 0 Å². The summed E-state index contributed by atoms with van der Waals surface area (Å²) in [5.41, 5.74) is 0.526. The first-order valence-electron chi connectivity index (χ1n) is 8.87. The van der Waals surface area contributed by atoms with E-state index in [2.05, 4.69) is 18.9 Å². The Hall–Kier alpha value is -1.88. The summed E-state index contributed by atoms with van der Waals surface area (Å²) in [6.45, 7) is 9.70. The number of carbonyl (C=O) groups is 2. The Morgan fingerprint density at radius 2 is 1.72 bits per heavy atom. The fourth-order valence-corrected chi connectivity index (χ4v) is 3.36. The van der Waals surface area contributed by atoms with Gasteiger partial charge in [0.05, 0.1) is 5.56 Å². The van der Waals surface area contributed by atoms with Gasteiger partial charge in [-0.05, 0) is 71.0 Å². The van der Waals surface area contributed by atoms with Gasteiger partial charge in [0.15, 0.2) is 0 Å². The summed E-state index contributed by atoms with van der Waals surface area (Å²) in [6, 6.07) is 6.98. The van der Waals surface area contributed by atoms with Crippen LogP contribution in [0.4, 0.5) is 0 Å². The number of piperidine rings is 1. The van der Waals surface area contributed by atoms with Gasteiger partial charge in [-0.25, -0.2) is 4.79 Å². The van der Waals surface area contributed by atoms with Crippen LogP contribution >= 0.6 is 0 Å². The standard InChI is InChI=1S/C20H30N2O3/c1-14-13-21(5)12-11-17(14)22(6)18(23)15-7-9-16(10-8-15)19(24)25-20(2,3)4/h7-10,14,17H,11-13H2,1-6H3. The second kappa shape index (κ2) is 7.56. The van der Waals surface area contributed by atoms with Crippen LogP contribution in [0.3, 0.4) is 0 Å². The monoisotopic (exact) mass is 346 g/mol. The highest BCUT2D eigenvalue weighted by Gasteiger charge is 2.30. The van der Waals surface area contributed by atoms with Crippen LogP contribution in [-0.2, 0) is 4.74 Å². The second-order valence-electron chi connectivity index (χ2n) is 8.09. The van der Waals surface area contributed by atoms with E-state index in [1.165, 1.54) is 0 Å². The van der Waals surface area contributed by atoms with Crippen LogP contribution in [0.2, 0.25) is 0 Å². The Morgan fingerprint density at radius 1 is 1.16 bits per heavy atom. The number of carbonyl (C=O) groups excluding carboxylic acids is 2. The van der Waals surface area contributed by atoms with Gasteiger partial charge in [-0.2, -0.15) is 0 Å². The van der Waals surface area contributed by atoms with Crippen molar-refractivity contribution in [2.45, 2.75) is 45.8 Å². The molecule has 2 rings (SSSR count). The molecule has 0 bridgehead atoms. The van der Waals surface area contributed by atoms with Crippen molar-refractivity contribution in [3.63, 3.8) is 0 Å². The molecular formula is C20H30N2O3. The van der Waals surface area contributed by atoms with Crippen molar-refractivity contribution in [2.75, 3.05) is 27.2 Å². The van der Waals surface area contributed by atoms with Crippen LogP contribution in [0.1, 0.15) is 54.8 Å². The average molecular weight is 346 g/mol. The molecule has 1 aromatic rings. The molecule has 1 aliphatic heterocycles. The molecule has 0 aliphatic carbocycles. The molecule has 2 unspecified atom stereocenters. The highest BCUT2D eigenvalue weighted by molar-refractivity contribution is 5.96. The van der Waals surface area contributed by atoms with Gasteiger partial charge < -0.3 is 14.5 Å². The molecule has 1 heterocycles. The number of likely N-dealkylation sites (tertiary alicyclic amines) is 1. The lowest BCUT2D eigenvalue weighted by molar-refractivity contribution is 0.00692. The van der Waals surface area contributed by atoms with Crippen molar-refractivity contribution in [3.05, 3.63) is 35.4 Å². The van der Waals surface area contributed by atoms with Crippen LogP contribution in [0.25, 0.3) is 0 Å². The van der Waals surface area contributed by atoms with Gasteiger partial charge in [-0.1, -0.05) is 6.92 Å². The first-order valence-corrected chi connectivity index (χ1v) is 8.87. The Bertz CT molecular complexity index is 619. The summed E-state index contributed by atoms with van der Waals surface area (Å²) in [5, 5.41) is 0. The fourth-order valence-electron chi connectivity index (χ4n) is 3.36. The van der Waals surface area contributed by atoms with E-state index < -0.39 is 5.60 Å². The maximum Gasteiger partial charge on any atom is 0.338 e. The third-order valence-electron chi connectivity index (χ3n) is 4.65. The summed E-state index contributed by atoms with van der Waals surface area (Å²) in [6.07, 6.45) is 0.982. The van der Waals surface area contributed by atoms with Crippen molar-refractivity contribution >= 4 is 11.9 Å². The number of rotatable bonds is 3. The normalized spacial score (nSPS) is 21.7. The first-order chi connectivity index (χ1) is 11.6. The molecule has 2 atom stereocenters. The largest absolute Gasteiger partial charge is 0.456 e. The summed E-state index contributed by atoms with van der Waals surface area (Å²) in [7, 11) is 3.99. The molecule has 1 fully saturated rings. The van der Waals surface area contributed by atoms with Gasteiger partial charge in [0.1, 0.15) is 5.60 Å². The molecule has 1 amide bonds. The molecular weight excluding hydrogens is 316 g/mol. The van der Waals surface area contributed by atoms with E-state index in [1.54, 1.807) is 24.3 Å². The average Bonchev–Trinajstić information content (AvgIpc) is 2.52. The van der Waals surface area contributed by atoms with Gasteiger partial charge in [-0.3, -0.25) is 4.79 Å². The molecule has 25 heavy (non-hydrogen) atoms. The molecule has 5 heteroatoms. The SMILES string of the molecule is CC1CN(C)CCC1N(C)C(=O)c1ccc(C(=O)OC(C)(C)C)cc1. The second-order valence-corrected chi connectivity index (χ2v) is 8.09. The Labute approximate surface area is 150 Å². The molecule has 0 radical (unpaired) electrons. The van der Waals surface area contributed by atoms with Crippen LogP contribution in [0, 0.1) is 5.92 Å². The van der Waals surface area contributed by atoms with E-state index >= 15 is 0 Å². The number of ether oxygens (including phenoxy) is 1. The molecule has 0 saturated carbocycles. The van der Waals surface area contributed by atoms with Gasteiger partial charge >= 0.3 is 5.97 Å². The van der Waals surface area contributed by atoms with E-state index in [4.69, 9.17) is 4.74 Å². The maximum absolute atomic E-state index is 12.8.